The van der Waals surface area contributed by atoms with Crippen LogP contribution in [0.1, 0.15) is 38.3 Å². The summed E-state index contributed by atoms with van der Waals surface area (Å²) < 4.78 is 10.1. The van der Waals surface area contributed by atoms with Gasteiger partial charge < -0.3 is 9.64 Å². The van der Waals surface area contributed by atoms with Gasteiger partial charge in [-0.1, -0.05) is 56.3 Å². The lowest BCUT2D eigenvalue weighted by Gasteiger charge is -2.32. The van der Waals surface area contributed by atoms with Gasteiger partial charge in [-0.05, 0) is 67.9 Å². The van der Waals surface area contributed by atoms with Crippen molar-refractivity contribution in [1.82, 2.24) is 18.9 Å². The van der Waals surface area contributed by atoms with Gasteiger partial charge >= 0.3 is 5.69 Å². The molecule has 0 bridgehead atoms. The zero-order chi connectivity index (χ0) is 25.6. The molecule has 3 aromatic carbocycles. The second-order valence-electron chi connectivity index (χ2n) is 9.89. The van der Waals surface area contributed by atoms with Crippen molar-refractivity contribution in [3.63, 3.8) is 0 Å². The molecule has 0 atom stereocenters. The van der Waals surface area contributed by atoms with Crippen molar-refractivity contribution in [2.45, 2.75) is 45.8 Å². The van der Waals surface area contributed by atoms with Crippen LogP contribution in [0.5, 0.6) is 11.5 Å². The summed E-state index contributed by atoms with van der Waals surface area (Å²) in [5.74, 6) is 1.71. The van der Waals surface area contributed by atoms with E-state index < -0.39 is 0 Å². The summed E-state index contributed by atoms with van der Waals surface area (Å²) in [7, 11) is 0. The van der Waals surface area contributed by atoms with E-state index in [1.54, 1.807) is 0 Å². The molecule has 1 aliphatic rings. The predicted octanol–water partition coefficient (Wildman–Crippen LogP) is 5.77. The van der Waals surface area contributed by atoms with Crippen molar-refractivity contribution in [1.29, 1.82) is 0 Å². The highest BCUT2D eigenvalue weighted by atomic mass is 16.5. The minimum absolute atomic E-state index is 0.137. The Morgan fingerprint density at radius 3 is 2.24 bits per heavy atom. The normalized spacial score (nSPS) is 15.0. The number of fused-ring (bicyclic) bond motifs is 1. The molecule has 0 radical (unpaired) electrons. The van der Waals surface area contributed by atoms with Crippen LogP contribution in [0.2, 0.25) is 0 Å². The van der Waals surface area contributed by atoms with Gasteiger partial charge in [0.25, 0.3) is 0 Å². The number of hydrogen-bond acceptors (Lipinski definition) is 4. The van der Waals surface area contributed by atoms with Crippen molar-refractivity contribution >= 4 is 11.0 Å². The van der Waals surface area contributed by atoms with Gasteiger partial charge in [0.2, 0.25) is 0 Å². The lowest BCUT2D eigenvalue weighted by Crippen LogP contribution is -2.38. The number of benzene rings is 3. The lowest BCUT2D eigenvalue weighted by atomic mass is 10.0. The molecule has 0 aliphatic carbocycles. The number of ether oxygens (including phenoxy) is 1. The second kappa shape index (κ2) is 11.8. The first-order valence-electron chi connectivity index (χ1n) is 13.6. The molecule has 4 aromatic rings. The average molecular weight is 499 g/mol. The molecule has 0 N–H and O–H groups in total. The number of likely N-dealkylation sites (tertiary alicyclic amines) is 1. The maximum absolute atomic E-state index is 13.6. The molecule has 1 aliphatic heterocycles. The van der Waals surface area contributed by atoms with Gasteiger partial charge in [0.05, 0.1) is 11.0 Å². The van der Waals surface area contributed by atoms with E-state index in [-0.39, 0.29) is 11.7 Å². The van der Waals surface area contributed by atoms with E-state index in [1.165, 1.54) is 5.56 Å². The molecule has 0 amide bonds. The Labute approximate surface area is 219 Å². The van der Waals surface area contributed by atoms with Crippen molar-refractivity contribution in [3.05, 3.63) is 94.9 Å². The largest absolute Gasteiger partial charge is 0.457 e. The summed E-state index contributed by atoms with van der Waals surface area (Å²) in [5, 5.41) is 0. The number of likely N-dealkylation sites (N-methyl/N-ethyl adjacent to an activating group) is 1. The third kappa shape index (κ3) is 5.81. The zero-order valence-electron chi connectivity index (χ0n) is 22.1. The molecule has 1 fully saturated rings. The number of para-hydroxylation sites is 3. The maximum Gasteiger partial charge on any atom is 0.329 e. The third-order valence-electron chi connectivity index (χ3n) is 7.61. The summed E-state index contributed by atoms with van der Waals surface area (Å²) >= 11 is 0. The van der Waals surface area contributed by atoms with Gasteiger partial charge in [-0.3, -0.25) is 14.0 Å². The first-order chi connectivity index (χ1) is 18.2. The molecular weight excluding hydrogens is 460 g/mol. The highest BCUT2D eigenvalue weighted by Crippen LogP contribution is 2.28. The van der Waals surface area contributed by atoms with Crippen LogP contribution in [0.15, 0.2) is 83.7 Å². The van der Waals surface area contributed by atoms with Crippen molar-refractivity contribution in [3.8, 4) is 11.5 Å². The van der Waals surface area contributed by atoms with E-state index in [9.17, 15) is 4.79 Å². The molecule has 0 unspecified atom stereocenters. The summed E-state index contributed by atoms with van der Waals surface area (Å²) in [5.41, 5.74) is 3.50. The van der Waals surface area contributed by atoms with Crippen LogP contribution in [0.3, 0.4) is 0 Å². The van der Waals surface area contributed by atoms with Gasteiger partial charge in [-0.2, -0.15) is 0 Å². The quantitative estimate of drug-likeness (QED) is 0.278. The topological polar surface area (TPSA) is 42.6 Å². The number of hydrogen-bond donors (Lipinski definition) is 0. The summed E-state index contributed by atoms with van der Waals surface area (Å²) in [6, 6.07) is 26.8. The molecule has 194 valence electrons. The molecule has 1 saturated heterocycles. The first-order valence-corrected chi connectivity index (χ1v) is 13.6. The summed E-state index contributed by atoms with van der Waals surface area (Å²) in [6.45, 7) is 10.8. The Hall–Kier alpha value is -3.35. The summed E-state index contributed by atoms with van der Waals surface area (Å²) in [4.78, 5) is 18.5. The van der Waals surface area contributed by atoms with E-state index in [2.05, 4.69) is 58.5 Å². The molecule has 5 rings (SSSR count). The van der Waals surface area contributed by atoms with Crippen LogP contribution in [0, 0.1) is 0 Å². The van der Waals surface area contributed by atoms with E-state index in [4.69, 9.17) is 4.74 Å². The number of nitrogens with zero attached hydrogens (tertiary/aromatic N) is 4. The number of aromatic nitrogens is 2. The number of rotatable bonds is 10. The highest BCUT2D eigenvalue weighted by Gasteiger charge is 2.25. The van der Waals surface area contributed by atoms with Crippen LogP contribution in [-0.2, 0) is 13.1 Å². The van der Waals surface area contributed by atoms with Gasteiger partial charge in [0, 0.05) is 38.8 Å². The fourth-order valence-electron chi connectivity index (χ4n) is 5.51. The fraction of sp³-hybridized carbons (Fsp3) is 0.387. The Morgan fingerprint density at radius 1 is 0.838 bits per heavy atom. The Morgan fingerprint density at radius 2 is 1.51 bits per heavy atom. The molecule has 37 heavy (non-hydrogen) atoms. The van der Waals surface area contributed by atoms with Crippen molar-refractivity contribution in [2.75, 3.05) is 32.7 Å². The van der Waals surface area contributed by atoms with Crippen molar-refractivity contribution in [2.24, 2.45) is 0 Å². The number of piperidine rings is 1. The minimum Gasteiger partial charge on any atom is -0.457 e. The van der Waals surface area contributed by atoms with Crippen molar-refractivity contribution < 1.29 is 4.74 Å². The van der Waals surface area contributed by atoms with Gasteiger partial charge in [0.15, 0.2) is 0 Å². The van der Waals surface area contributed by atoms with Gasteiger partial charge in [-0.15, -0.1) is 0 Å². The molecule has 6 heteroatoms. The fourth-order valence-corrected chi connectivity index (χ4v) is 5.51. The van der Waals surface area contributed by atoms with Crippen LogP contribution < -0.4 is 10.4 Å². The SMILES string of the molecule is CCN(CC)CCn1c(=O)n(C2CCN(Cc3cccc(Oc4ccccc4)c3)CC2)c2ccccc21. The molecule has 2 heterocycles. The van der Waals surface area contributed by atoms with E-state index in [0.29, 0.717) is 0 Å². The Kier molecular flexibility index (Phi) is 8.07. The smallest absolute Gasteiger partial charge is 0.329 e. The Balaban J connectivity index is 1.26. The second-order valence-corrected chi connectivity index (χ2v) is 9.89. The van der Waals surface area contributed by atoms with E-state index in [0.717, 1.165) is 81.2 Å². The highest BCUT2D eigenvalue weighted by molar-refractivity contribution is 5.76. The van der Waals surface area contributed by atoms with Crippen LogP contribution in [0.4, 0.5) is 0 Å². The van der Waals surface area contributed by atoms with Crippen LogP contribution >= 0.6 is 0 Å². The van der Waals surface area contributed by atoms with Gasteiger partial charge in [0.1, 0.15) is 11.5 Å². The monoisotopic (exact) mass is 498 g/mol. The minimum atomic E-state index is 0.137. The zero-order valence-corrected chi connectivity index (χ0v) is 22.1. The molecule has 1 aromatic heterocycles. The first kappa shape index (κ1) is 25.3. The van der Waals surface area contributed by atoms with Gasteiger partial charge in [-0.25, -0.2) is 4.79 Å². The predicted molar refractivity (Wildman–Crippen MR) is 150 cm³/mol. The lowest BCUT2D eigenvalue weighted by molar-refractivity contribution is 0.179. The molecule has 0 saturated carbocycles. The standard InChI is InChI=1S/C31H38N4O2/c1-3-32(4-2)21-22-34-29-15-8-9-16-30(29)35(31(34)36)26-17-19-33(20-18-26)24-25-11-10-14-28(23-25)37-27-12-6-5-7-13-27/h5-16,23,26H,3-4,17-22,24H2,1-2H3. The molecule has 0 spiro atoms. The van der Waals surface area contributed by atoms with E-state index in [1.807, 2.05) is 53.1 Å². The Bertz CT molecular complexity index is 1350. The molecule has 6 nitrogen and oxygen atoms in total. The molecular formula is C31H38N4O2. The van der Waals surface area contributed by atoms with Crippen LogP contribution in [0.25, 0.3) is 11.0 Å². The van der Waals surface area contributed by atoms with Crippen LogP contribution in [-0.4, -0.2) is 51.7 Å². The summed E-state index contributed by atoms with van der Waals surface area (Å²) in [6.07, 6.45) is 1.95. The third-order valence-corrected chi connectivity index (χ3v) is 7.61. The maximum atomic E-state index is 13.6. The van der Waals surface area contributed by atoms with E-state index >= 15 is 0 Å². The average Bonchev–Trinajstić information content (AvgIpc) is 3.21. The number of imidazole rings is 1.